The van der Waals surface area contributed by atoms with Gasteiger partial charge in [-0.3, -0.25) is 0 Å². The van der Waals surface area contributed by atoms with Crippen LogP contribution < -0.4 is 0 Å². The van der Waals surface area contributed by atoms with Crippen molar-refractivity contribution in [2.75, 3.05) is 0 Å². The summed E-state index contributed by atoms with van der Waals surface area (Å²) in [5, 5.41) is 0. The van der Waals surface area contributed by atoms with Gasteiger partial charge in [-0.15, -0.1) is 24.3 Å². The fourth-order valence-electron chi connectivity index (χ4n) is 3.86. The average molecular weight is 440 g/mol. The van der Waals surface area contributed by atoms with Crippen molar-refractivity contribution in [3.8, 4) is 0 Å². The molecule has 0 aromatic heterocycles. The molecule has 0 heterocycles. The fourth-order valence-corrected chi connectivity index (χ4v) is 3.86. The summed E-state index contributed by atoms with van der Waals surface area (Å²) in [6, 6.07) is 0. The van der Waals surface area contributed by atoms with Gasteiger partial charge >= 0.3 is 26.2 Å². The molecule has 2 fully saturated rings. The number of rotatable bonds is 0. The normalized spacial score (nSPS) is 23.4. The minimum Gasteiger partial charge on any atom is -0.245 e. The van der Waals surface area contributed by atoms with Crippen LogP contribution >= 0.6 is 0 Å². The average Bonchev–Trinajstić information content (AvgIpc) is 3.14. The third-order valence-corrected chi connectivity index (χ3v) is 5.04. The SMILES string of the molecule is C1=CCC2CCC[C-]2C=C1.C1=CCC2CCC[C-]2C=C1.C=C[CH2-].C=C[CH2-].[Zr+4]. The Balaban J connectivity index is 0.000000380. The van der Waals surface area contributed by atoms with Crippen LogP contribution in [0.2, 0.25) is 0 Å². The molecule has 0 aliphatic heterocycles. The number of fused-ring (bicyclic) bond motifs is 2. The molecule has 0 aromatic rings. The van der Waals surface area contributed by atoms with Gasteiger partial charge in [0, 0.05) is 0 Å². The molecule has 27 heavy (non-hydrogen) atoms. The van der Waals surface area contributed by atoms with Crippen LogP contribution in [0.3, 0.4) is 0 Å². The molecule has 2 unspecified atom stereocenters. The molecular formula is C26H36Zr. The molecule has 2 atom stereocenters. The molecule has 4 aliphatic carbocycles. The van der Waals surface area contributed by atoms with Gasteiger partial charge < -0.3 is 0 Å². The Morgan fingerprint density at radius 2 is 1.11 bits per heavy atom. The van der Waals surface area contributed by atoms with Crippen LogP contribution in [0.4, 0.5) is 0 Å². The molecule has 0 radical (unpaired) electrons. The Hall–Kier alpha value is -1.20. The largest absolute Gasteiger partial charge is 4.00 e. The third-order valence-electron chi connectivity index (χ3n) is 5.04. The summed E-state index contributed by atoms with van der Waals surface area (Å²) < 4.78 is 0. The summed E-state index contributed by atoms with van der Waals surface area (Å²) in [7, 11) is 0. The monoisotopic (exact) mass is 438 g/mol. The zero-order chi connectivity index (χ0) is 19.0. The van der Waals surface area contributed by atoms with Gasteiger partial charge in [-0.2, -0.15) is 0 Å². The first-order valence-electron chi connectivity index (χ1n) is 9.94. The van der Waals surface area contributed by atoms with Crippen LogP contribution in [0.25, 0.3) is 0 Å². The molecular weight excluding hydrogens is 404 g/mol. The van der Waals surface area contributed by atoms with E-state index in [9.17, 15) is 0 Å². The summed E-state index contributed by atoms with van der Waals surface area (Å²) in [4.78, 5) is 0. The molecule has 0 saturated heterocycles. The summed E-state index contributed by atoms with van der Waals surface area (Å²) in [6.45, 7) is 13.0. The zero-order valence-corrected chi connectivity index (χ0v) is 19.4. The van der Waals surface area contributed by atoms with Crippen molar-refractivity contribution in [3.05, 3.63) is 99.6 Å². The van der Waals surface area contributed by atoms with Crippen molar-refractivity contribution in [1.29, 1.82) is 0 Å². The maximum absolute atomic E-state index is 3.25. The molecule has 1 heteroatoms. The van der Waals surface area contributed by atoms with E-state index in [-0.39, 0.29) is 26.2 Å². The van der Waals surface area contributed by atoms with E-state index < -0.39 is 0 Å². The van der Waals surface area contributed by atoms with E-state index >= 15 is 0 Å². The van der Waals surface area contributed by atoms with Gasteiger partial charge in [0.2, 0.25) is 0 Å². The van der Waals surface area contributed by atoms with E-state index in [1.165, 1.54) is 63.5 Å². The second kappa shape index (κ2) is 16.9. The molecule has 144 valence electrons. The van der Waals surface area contributed by atoms with Gasteiger partial charge in [-0.25, -0.2) is 75.3 Å². The van der Waals surface area contributed by atoms with Crippen molar-refractivity contribution in [1.82, 2.24) is 0 Å². The predicted molar refractivity (Wildman–Crippen MR) is 118 cm³/mol. The minimum absolute atomic E-state index is 0. The van der Waals surface area contributed by atoms with Crippen LogP contribution in [0, 0.1) is 37.5 Å². The van der Waals surface area contributed by atoms with Gasteiger partial charge in [-0.1, -0.05) is 50.4 Å². The zero-order valence-electron chi connectivity index (χ0n) is 16.9. The van der Waals surface area contributed by atoms with Crippen molar-refractivity contribution in [2.24, 2.45) is 11.8 Å². The van der Waals surface area contributed by atoms with Gasteiger partial charge in [0.1, 0.15) is 0 Å². The standard InChI is InChI=1S/2C10H13.2C3H5.Zr/c2*1-2-5-9-7-4-8-10(9)6-3-1;2*1-3-2;/h2*1-3,5,10H,4,6-8H2;2*3H,1-2H2;/q4*-1;+4. The molecule has 4 rings (SSSR count). The number of allylic oxidation sites excluding steroid dienone is 10. The number of hydrogen-bond donors (Lipinski definition) is 0. The van der Waals surface area contributed by atoms with Crippen LogP contribution in [0.5, 0.6) is 0 Å². The quantitative estimate of drug-likeness (QED) is 0.338. The van der Waals surface area contributed by atoms with Crippen LogP contribution in [-0.4, -0.2) is 0 Å². The van der Waals surface area contributed by atoms with E-state index in [0.29, 0.717) is 0 Å². The Bertz CT molecular complexity index is 448. The first-order chi connectivity index (χ1) is 12.8. The molecule has 0 nitrogen and oxygen atoms in total. The van der Waals surface area contributed by atoms with Crippen LogP contribution in [0.1, 0.15) is 51.4 Å². The van der Waals surface area contributed by atoms with Gasteiger partial charge in [0.15, 0.2) is 0 Å². The van der Waals surface area contributed by atoms with Crippen LogP contribution in [-0.2, 0) is 26.2 Å². The Morgan fingerprint density at radius 3 is 1.48 bits per heavy atom. The smallest absolute Gasteiger partial charge is 0.245 e. The van der Waals surface area contributed by atoms with Crippen molar-refractivity contribution in [3.63, 3.8) is 0 Å². The molecule has 0 spiro atoms. The molecule has 0 amide bonds. The molecule has 4 aliphatic rings. The van der Waals surface area contributed by atoms with Crippen molar-refractivity contribution in [2.45, 2.75) is 51.4 Å². The van der Waals surface area contributed by atoms with Crippen LogP contribution in [0.15, 0.2) is 73.9 Å². The van der Waals surface area contributed by atoms with Crippen molar-refractivity contribution < 1.29 is 26.2 Å². The maximum Gasteiger partial charge on any atom is 4.00 e. The van der Waals surface area contributed by atoms with E-state index in [1.54, 1.807) is 11.8 Å². The molecule has 0 N–H and O–H groups in total. The first kappa shape index (κ1) is 25.8. The van der Waals surface area contributed by atoms with E-state index in [0.717, 1.165) is 11.8 Å². The molecule has 0 bridgehead atoms. The fraction of sp³-hybridized carbons (Fsp3) is 0.385. The van der Waals surface area contributed by atoms with Gasteiger partial charge in [0.05, 0.1) is 0 Å². The second-order valence-corrected chi connectivity index (χ2v) is 6.95. The predicted octanol–water partition coefficient (Wildman–Crippen LogP) is 7.76. The van der Waals surface area contributed by atoms with E-state index in [4.69, 9.17) is 0 Å². The summed E-state index contributed by atoms with van der Waals surface area (Å²) in [5.74, 6) is 5.17. The molecule has 2 saturated carbocycles. The topological polar surface area (TPSA) is 0 Å². The number of hydrogen-bond acceptors (Lipinski definition) is 0. The van der Waals surface area contributed by atoms with E-state index in [1.807, 2.05) is 0 Å². The summed E-state index contributed by atoms with van der Waals surface area (Å²) in [6.07, 6.45) is 31.8. The third kappa shape index (κ3) is 10.6. The van der Waals surface area contributed by atoms with E-state index in [2.05, 4.69) is 75.6 Å². The second-order valence-electron chi connectivity index (χ2n) is 6.95. The molecule has 0 aromatic carbocycles. The Kier molecular flexibility index (Phi) is 16.2. The summed E-state index contributed by atoms with van der Waals surface area (Å²) in [5.41, 5.74) is 0. The Labute approximate surface area is 188 Å². The maximum atomic E-state index is 3.25. The van der Waals surface area contributed by atoms with Crippen molar-refractivity contribution >= 4 is 0 Å². The van der Waals surface area contributed by atoms with Gasteiger partial charge in [0.25, 0.3) is 0 Å². The summed E-state index contributed by atoms with van der Waals surface area (Å²) >= 11 is 0. The van der Waals surface area contributed by atoms with Gasteiger partial charge in [-0.05, 0) is 12.8 Å². The Morgan fingerprint density at radius 1 is 0.741 bits per heavy atom. The minimum atomic E-state index is 0. The first-order valence-corrected chi connectivity index (χ1v) is 9.94.